The predicted molar refractivity (Wildman–Crippen MR) is 70.2 cm³/mol. The molecule has 0 atom stereocenters. The van der Waals surface area contributed by atoms with Crippen LogP contribution in [0, 0.1) is 0 Å². The number of benzene rings is 1. The Morgan fingerprint density at radius 1 is 1.21 bits per heavy atom. The van der Waals surface area contributed by atoms with Gasteiger partial charge in [0.05, 0.1) is 12.2 Å². The number of carboxylic acids is 1. The van der Waals surface area contributed by atoms with Gasteiger partial charge in [0.15, 0.2) is 5.82 Å². The van der Waals surface area contributed by atoms with Gasteiger partial charge in [-0.2, -0.15) is 0 Å². The van der Waals surface area contributed by atoms with E-state index in [1.807, 2.05) is 31.2 Å². The van der Waals surface area contributed by atoms with Gasteiger partial charge in [0.25, 0.3) is 0 Å². The molecule has 0 saturated heterocycles. The highest BCUT2D eigenvalue weighted by molar-refractivity contribution is 5.86. The SMILES string of the molecule is CCCOc1ccc(-c2ncc(C(=O)O)cn2)cc1. The van der Waals surface area contributed by atoms with Crippen molar-refractivity contribution in [3.8, 4) is 17.1 Å². The fourth-order valence-corrected chi connectivity index (χ4v) is 1.51. The van der Waals surface area contributed by atoms with Gasteiger partial charge in [0, 0.05) is 18.0 Å². The number of hydrogen-bond donors (Lipinski definition) is 1. The molecule has 1 N–H and O–H groups in total. The third-order valence-electron chi connectivity index (χ3n) is 2.48. The van der Waals surface area contributed by atoms with Crippen LogP contribution in [-0.4, -0.2) is 27.7 Å². The van der Waals surface area contributed by atoms with Gasteiger partial charge in [-0.05, 0) is 30.7 Å². The first-order valence-electron chi connectivity index (χ1n) is 5.99. The van der Waals surface area contributed by atoms with Crippen LogP contribution in [0.15, 0.2) is 36.7 Å². The highest BCUT2D eigenvalue weighted by Gasteiger charge is 2.06. The van der Waals surface area contributed by atoms with Crippen LogP contribution in [0.4, 0.5) is 0 Å². The van der Waals surface area contributed by atoms with Gasteiger partial charge in [0.1, 0.15) is 5.75 Å². The summed E-state index contributed by atoms with van der Waals surface area (Å²) >= 11 is 0. The molecule has 0 bridgehead atoms. The van der Waals surface area contributed by atoms with E-state index in [4.69, 9.17) is 9.84 Å². The fraction of sp³-hybridized carbons (Fsp3) is 0.214. The topological polar surface area (TPSA) is 72.3 Å². The smallest absolute Gasteiger partial charge is 0.338 e. The summed E-state index contributed by atoms with van der Waals surface area (Å²) < 4.78 is 5.48. The summed E-state index contributed by atoms with van der Waals surface area (Å²) in [5, 5.41) is 8.77. The van der Waals surface area contributed by atoms with Crippen LogP contribution in [0.1, 0.15) is 23.7 Å². The molecule has 0 aliphatic rings. The summed E-state index contributed by atoms with van der Waals surface area (Å²) in [4.78, 5) is 18.8. The lowest BCUT2D eigenvalue weighted by Gasteiger charge is -2.05. The zero-order valence-electron chi connectivity index (χ0n) is 10.5. The second kappa shape index (κ2) is 5.95. The first kappa shape index (κ1) is 13.0. The largest absolute Gasteiger partial charge is 0.494 e. The minimum Gasteiger partial charge on any atom is -0.494 e. The lowest BCUT2D eigenvalue weighted by Crippen LogP contribution is -1.99. The van der Waals surface area contributed by atoms with E-state index in [0.717, 1.165) is 17.7 Å². The Hall–Kier alpha value is -2.43. The van der Waals surface area contributed by atoms with E-state index < -0.39 is 5.97 Å². The summed E-state index contributed by atoms with van der Waals surface area (Å²) in [5.74, 6) is 0.259. The molecule has 0 unspecified atom stereocenters. The Morgan fingerprint density at radius 2 is 1.84 bits per heavy atom. The van der Waals surface area contributed by atoms with Crippen molar-refractivity contribution in [3.63, 3.8) is 0 Å². The molecule has 5 heteroatoms. The van der Waals surface area contributed by atoms with Crippen molar-refractivity contribution in [3.05, 3.63) is 42.2 Å². The first-order valence-corrected chi connectivity index (χ1v) is 5.99. The molecule has 0 radical (unpaired) electrons. The maximum Gasteiger partial charge on any atom is 0.338 e. The van der Waals surface area contributed by atoms with Crippen LogP contribution in [0.3, 0.4) is 0 Å². The normalized spacial score (nSPS) is 10.2. The molecular weight excluding hydrogens is 244 g/mol. The minimum absolute atomic E-state index is 0.0756. The second-order valence-electron chi connectivity index (χ2n) is 3.97. The summed E-state index contributed by atoms with van der Waals surface area (Å²) in [6, 6.07) is 7.39. The Labute approximate surface area is 110 Å². The number of nitrogens with zero attached hydrogens (tertiary/aromatic N) is 2. The van der Waals surface area contributed by atoms with Crippen molar-refractivity contribution in [2.45, 2.75) is 13.3 Å². The molecule has 2 rings (SSSR count). The lowest BCUT2D eigenvalue weighted by atomic mass is 10.2. The van der Waals surface area contributed by atoms with Gasteiger partial charge in [-0.3, -0.25) is 0 Å². The van der Waals surface area contributed by atoms with Crippen molar-refractivity contribution in [1.82, 2.24) is 9.97 Å². The van der Waals surface area contributed by atoms with Gasteiger partial charge < -0.3 is 9.84 Å². The molecule has 19 heavy (non-hydrogen) atoms. The maximum absolute atomic E-state index is 10.7. The minimum atomic E-state index is -1.03. The third-order valence-corrected chi connectivity index (χ3v) is 2.48. The molecule has 0 aliphatic heterocycles. The molecule has 1 heterocycles. The van der Waals surface area contributed by atoms with Crippen LogP contribution >= 0.6 is 0 Å². The predicted octanol–water partition coefficient (Wildman–Crippen LogP) is 2.63. The Morgan fingerprint density at radius 3 is 2.37 bits per heavy atom. The molecule has 5 nitrogen and oxygen atoms in total. The lowest BCUT2D eigenvalue weighted by molar-refractivity contribution is 0.0696. The second-order valence-corrected chi connectivity index (χ2v) is 3.97. The molecule has 1 aromatic carbocycles. The summed E-state index contributed by atoms with van der Waals surface area (Å²) in [5.41, 5.74) is 0.896. The monoisotopic (exact) mass is 258 g/mol. The maximum atomic E-state index is 10.7. The molecule has 0 aliphatic carbocycles. The summed E-state index contributed by atoms with van der Waals surface area (Å²) in [6.07, 6.45) is 3.56. The van der Waals surface area contributed by atoms with Crippen LogP contribution in [-0.2, 0) is 0 Å². The van der Waals surface area contributed by atoms with Crippen LogP contribution in [0.5, 0.6) is 5.75 Å². The van der Waals surface area contributed by atoms with Gasteiger partial charge in [-0.25, -0.2) is 14.8 Å². The highest BCUT2D eigenvalue weighted by Crippen LogP contribution is 2.19. The summed E-state index contributed by atoms with van der Waals surface area (Å²) in [6.45, 7) is 2.73. The number of hydrogen-bond acceptors (Lipinski definition) is 4. The van der Waals surface area contributed by atoms with Gasteiger partial charge in [-0.15, -0.1) is 0 Å². The molecule has 1 aromatic heterocycles. The number of aromatic carboxylic acids is 1. The average Bonchev–Trinajstić information content (AvgIpc) is 2.46. The Bertz CT molecular complexity index is 550. The van der Waals surface area contributed by atoms with Gasteiger partial charge in [0.2, 0.25) is 0 Å². The molecule has 2 aromatic rings. The van der Waals surface area contributed by atoms with E-state index in [2.05, 4.69) is 9.97 Å². The van der Waals surface area contributed by atoms with E-state index in [1.165, 1.54) is 12.4 Å². The van der Waals surface area contributed by atoms with Crippen molar-refractivity contribution < 1.29 is 14.6 Å². The Balaban J connectivity index is 2.15. The van der Waals surface area contributed by atoms with Gasteiger partial charge >= 0.3 is 5.97 Å². The number of aromatic nitrogens is 2. The zero-order valence-corrected chi connectivity index (χ0v) is 10.5. The number of carbonyl (C=O) groups is 1. The van der Waals surface area contributed by atoms with E-state index in [-0.39, 0.29) is 5.56 Å². The van der Waals surface area contributed by atoms with Crippen LogP contribution in [0.25, 0.3) is 11.4 Å². The van der Waals surface area contributed by atoms with Crippen molar-refractivity contribution >= 4 is 5.97 Å². The molecule has 98 valence electrons. The fourth-order valence-electron chi connectivity index (χ4n) is 1.51. The van der Waals surface area contributed by atoms with Crippen molar-refractivity contribution in [1.29, 1.82) is 0 Å². The molecule has 0 saturated carbocycles. The number of ether oxygens (including phenoxy) is 1. The average molecular weight is 258 g/mol. The van der Waals surface area contributed by atoms with Crippen molar-refractivity contribution in [2.24, 2.45) is 0 Å². The molecule has 0 spiro atoms. The zero-order chi connectivity index (χ0) is 13.7. The first-order chi connectivity index (χ1) is 9.20. The highest BCUT2D eigenvalue weighted by atomic mass is 16.5. The molecule has 0 amide bonds. The summed E-state index contributed by atoms with van der Waals surface area (Å²) in [7, 11) is 0. The Kier molecular flexibility index (Phi) is 4.07. The van der Waals surface area contributed by atoms with E-state index >= 15 is 0 Å². The van der Waals surface area contributed by atoms with Gasteiger partial charge in [-0.1, -0.05) is 6.92 Å². The standard InChI is InChI=1S/C14H14N2O3/c1-2-7-19-12-5-3-10(4-6-12)13-15-8-11(9-16-13)14(17)18/h3-6,8-9H,2,7H2,1H3,(H,17,18). The third kappa shape index (κ3) is 3.28. The van der Waals surface area contributed by atoms with E-state index in [9.17, 15) is 4.79 Å². The van der Waals surface area contributed by atoms with E-state index in [1.54, 1.807) is 0 Å². The molecular formula is C14H14N2O3. The number of rotatable bonds is 5. The van der Waals surface area contributed by atoms with E-state index in [0.29, 0.717) is 12.4 Å². The number of carboxylic acid groups (broad SMARTS) is 1. The van der Waals surface area contributed by atoms with Crippen LogP contribution in [0.2, 0.25) is 0 Å². The quantitative estimate of drug-likeness (QED) is 0.892. The van der Waals surface area contributed by atoms with Crippen molar-refractivity contribution in [2.75, 3.05) is 6.61 Å². The molecule has 0 fully saturated rings. The van der Waals surface area contributed by atoms with Crippen LogP contribution < -0.4 is 4.74 Å².